The Morgan fingerprint density at radius 1 is 1.41 bits per heavy atom. The molecule has 0 amide bonds. The Kier molecular flexibility index (Phi) is 6.78. The molecule has 0 saturated carbocycles. The number of methoxy groups -OCH3 is 1. The standard InChI is InChI=1S/C14H25NOS/c1-5-15-13(14(16-4)11(2)3)9-8-12-7-6-10-17-12/h6-7,10-11,13-15H,5,8-9H2,1-4H3. The van der Waals surface area contributed by atoms with Gasteiger partial charge in [0.05, 0.1) is 6.10 Å². The number of thiophene rings is 1. The summed E-state index contributed by atoms with van der Waals surface area (Å²) in [6.07, 6.45) is 2.59. The van der Waals surface area contributed by atoms with E-state index >= 15 is 0 Å². The van der Waals surface area contributed by atoms with Crippen LogP contribution >= 0.6 is 11.3 Å². The highest BCUT2D eigenvalue weighted by atomic mass is 32.1. The summed E-state index contributed by atoms with van der Waals surface area (Å²) in [4.78, 5) is 1.46. The van der Waals surface area contributed by atoms with Crippen LogP contribution in [-0.2, 0) is 11.2 Å². The Bertz CT molecular complexity index is 284. The quantitative estimate of drug-likeness (QED) is 0.769. The molecule has 0 spiro atoms. The lowest BCUT2D eigenvalue weighted by atomic mass is 9.95. The summed E-state index contributed by atoms with van der Waals surface area (Å²) in [5, 5.41) is 5.70. The van der Waals surface area contributed by atoms with Crippen LogP contribution in [0.25, 0.3) is 0 Å². The van der Waals surface area contributed by atoms with Gasteiger partial charge >= 0.3 is 0 Å². The van der Waals surface area contributed by atoms with Gasteiger partial charge in [-0.05, 0) is 36.8 Å². The molecule has 2 atom stereocenters. The normalized spacial score (nSPS) is 15.1. The predicted molar refractivity (Wildman–Crippen MR) is 75.7 cm³/mol. The van der Waals surface area contributed by atoms with Gasteiger partial charge in [0.1, 0.15) is 0 Å². The smallest absolute Gasteiger partial charge is 0.0747 e. The number of likely N-dealkylation sites (N-methyl/N-ethyl adjacent to an activating group) is 1. The topological polar surface area (TPSA) is 21.3 Å². The minimum atomic E-state index is 0.301. The van der Waals surface area contributed by atoms with Gasteiger partial charge in [0.2, 0.25) is 0 Å². The van der Waals surface area contributed by atoms with Gasteiger partial charge in [-0.3, -0.25) is 0 Å². The van der Waals surface area contributed by atoms with Crippen LogP contribution in [0, 0.1) is 5.92 Å². The lowest BCUT2D eigenvalue weighted by Crippen LogP contribution is -2.44. The first kappa shape index (κ1) is 14.7. The average Bonchev–Trinajstić information content (AvgIpc) is 2.79. The highest BCUT2D eigenvalue weighted by molar-refractivity contribution is 7.09. The van der Waals surface area contributed by atoms with Crippen LogP contribution in [-0.4, -0.2) is 25.8 Å². The molecule has 1 rings (SSSR count). The van der Waals surface area contributed by atoms with Crippen LogP contribution in [0.15, 0.2) is 17.5 Å². The monoisotopic (exact) mass is 255 g/mol. The second kappa shape index (κ2) is 7.85. The maximum Gasteiger partial charge on any atom is 0.0747 e. The molecule has 2 nitrogen and oxygen atoms in total. The molecule has 0 aromatic carbocycles. The van der Waals surface area contributed by atoms with E-state index in [1.54, 1.807) is 0 Å². The van der Waals surface area contributed by atoms with E-state index in [9.17, 15) is 0 Å². The summed E-state index contributed by atoms with van der Waals surface area (Å²) in [6, 6.07) is 4.79. The van der Waals surface area contributed by atoms with Crippen molar-refractivity contribution in [3.05, 3.63) is 22.4 Å². The third-order valence-electron chi connectivity index (χ3n) is 3.07. The summed E-state index contributed by atoms with van der Waals surface area (Å²) in [5.41, 5.74) is 0. The molecule has 0 aliphatic rings. The molecule has 0 radical (unpaired) electrons. The molecule has 0 fully saturated rings. The zero-order chi connectivity index (χ0) is 12.7. The van der Waals surface area contributed by atoms with Gasteiger partial charge < -0.3 is 10.1 Å². The Labute approximate surface area is 109 Å². The van der Waals surface area contributed by atoms with Crippen molar-refractivity contribution < 1.29 is 4.74 Å². The molecular weight excluding hydrogens is 230 g/mol. The lowest BCUT2D eigenvalue weighted by molar-refractivity contribution is 0.0313. The summed E-state index contributed by atoms with van der Waals surface area (Å²) in [7, 11) is 1.82. The summed E-state index contributed by atoms with van der Waals surface area (Å²) in [5.74, 6) is 0.549. The van der Waals surface area contributed by atoms with Gasteiger partial charge in [-0.25, -0.2) is 0 Å². The third kappa shape index (κ3) is 4.78. The molecule has 1 N–H and O–H groups in total. The summed E-state index contributed by atoms with van der Waals surface area (Å²) < 4.78 is 5.64. The van der Waals surface area contributed by atoms with Crippen molar-refractivity contribution in [1.29, 1.82) is 0 Å². The van der Waals surface area contributed by atoms with Crippen LogP contribution in [0.3, 0.4) is 0 Å². The van der Waals surface area contributed by atoms with Gasteiger partial charge in [0, 0.05) is 18.0 Å². The molecule has 1 aromatic heterocycles. The van der Waals surface area contributed by atoms with E-state index < -0.39 is 0 Å². The largest absolute Gasteiger partial charge is 0.380 e. The van der Waals surface area contributed by atoms with Crippen molar-refractivity contribution in [2.45, 2.75) is 45.8 Å². The summed E-state index contributed by atoms with van der Waals surface area (Å²) >= 11 is 1.84. The fourth-order valence-corrected chi connectivity index (χ4v) is 3.02. The number of nitrogens with one attached hydrogen (secondary N) is 1. The van der Waals surface area contributed by atoms with E-state index in [1.165, 1.54) is 4.88 Å². The van der Waals surface area contributed by atoms with Crippen molar-refractivity contribution in [2.24, 2.45) is 5.92 Å². The van der Waals surface area contributed by atoms with E-state index in [-0.39, 0.29) is 0 Å². The van der Waals surface area contributed by atoms with E-state index in [0.717, 1.165) is 19.4 Å². The molecule has 2 unspecified atom stereocenters. The average molecular weight is 255 g/mol. The first-order chi connectivity index (χ1) is 8.19. The Morgan fingerprint density at radius 3 is 2.65 bits per heavy atom. The van der Waals surface area contributed by atoms with Gasteiger partial charge in [-0.2, -0.15) is 0 Å². The molecule has 1 heterocycles. The minimum absolute atomic E-state index is 0.301. The fraction of sp³-hybridized carbons (Fsp3) is 0.714. The van der Waals surface area contributed by atoms with Crippen LogP contribution in [0.1, 0.15) is 32.1 Å². The predicted octanol–water partition coefficient (Wildman–Crippen LogP) is 3.33. The SMILES string of the molecule is CCNC(CCc1cccs1)C(OC)C(C)C. The van der Waals surface area contributed by atoms with Gasteiger partial charge in [-0.1, -0.05) is 26.8 Å². The molecule has 17 heavy (non-hydrogen) atoms. The molecule has 1 aromatic rings. The van der Waals surface area contributed by atoms with Crippen molar-refractivity contribution in [1.82, 2.24) is 5.32 Å². The van der Waals surface area contributed by atoms with Gasteiger partial charge in [0.25, 0.3) is 0 Å². The Hall–Kier alpha value is -0.380. The first-order valence-electron chi connectivity index (χ1n) is 6.47. The maximum atomic E-state index is 5.64. The highest BCUT2D eigenvalue weighted by Crippen LogP contribution is 2.17. The van der Waals surface area contributed by atoms with E-state index in [1.807, 2.05) is 18.4 Å². The molecular formula is C14H25NOS. The van der Waals surface area contributed by atoms with Crippen LogP contribution in [0.4, 0.5) is 0 Å². The third-order valence-corrected chi connectivity index (χ3v) is 4.01. The van der Waals surface area contributed by atoms with Crippen molar-refractivity contribution in [3.8, 4) is 0 Å². The molecule has 0 aliphatic carbocycles. The van der Waals surface area contributed by atoms with Crippen molar-refractivity contribution >= 4 is 11.3 Å². The second-order valence-corrected chi connectivity index (χ2v) is 5.76. The number of hydrogen-bond acceptors (Lipinski definition) is 3. The summed E-state index contributed by atoms with van der Waals surface area (Å²) in [6.45, 7) is 7.61. The molecule has 0 aliphatic heterocycles. The maximum absolute atomic E-state index is 5.64. The Morgan fingerprint density at radius 2 is 2.18 bits per heavy atom. The molecule has 0 saturated heterocycles. The fourth-order valence-electron chi connectivity index (χ4n) is 2.30. The van der Waals surface area contributed by atoms with Gasteiger partial charge in [-0.15, -0.1) is 11.3 Å². The number of ether oxygens (including phenoxy) is 1. The Balaban J connectivity index is 2.52. The molecule has 98 valence electrons. The van der Waals surface area contributed by atoms with Crippen LogP contribution in [0.2, 0.25) is 0 Å². The van der Waals surface area contributed by atoms with Gasteiger partial charge in [0.15, 0.2) is 0 Å². The van der Waals surface area contributed by atoms with E-state index in [2.05, 4.69) is 43.6 Å². The number of rotatable bonds is 8. The number of aryl methyl sites for hydroxylation is 1. The van der Waals surface area contributed by atoms with E-state index in [4.69, 9.17) is 4.74 Å². The molecule has 0 bridgehead atoms. The zero-order valence-electron chi connectivity index (χ0n) is 11.4. The first-order valence-corrected chi connectivity index (χ1v) is 7.35. The lowest BCUT2D eigenvalue weighted by Gasteiger charge is -2.29. The second-order valence-electron chi connectivity index (χ2n) is 4.73. The van der Waals surface area contributed by atoms with Crippen molar-refractivity contribution in [3.63, 3.8) is 0 Å². The number of hydrogen-bond donors (Lipinski definition) is 1. The highest BCUT2D eigenvalue weighted by Gasteiger charge is 2.23. The minimum Gasteiger partial charge on any atom is -0.380 e. The van der Waals surface area contributed by atoms with Crippen LogP contribution in [0.5, 0.6) is 0 Å². The zero-order valence-corrected chi connectivity index (χ0v) is 12.2. The van der Waals surface area contributed by atoms with E-state index in [0.29, 0.717) is 18.1 Å². The van der Waals surface area contributed by atoms with Crippen LogP contribution < -0.4 is 5.32 Å². The molecule has 3 heteroatoms. The van der Waals surface area contributed by atoms with Crippen molar-refractivity contribution in [2.75, 3.05) is 13.7 Å².